The SMILES string of the molecule is Cc1cc(C(=O)NC(C)C)ccc1NCC(=O)N1CCc2sccc2C1. The summed E-state index contributed by atoms with van der Waals surface area (Å²) in [5.74, 6) is 0.0217. The van der Waals surface area contributed by atoms with Crippen molar-refractivity contribution >= 4 is 28.8 Å². The van der Waals surface area contributed by atoms with E-state index in [1.54, 1.807) is 17.4 Å². The van der Waals surface area contributed by atoms with Crippen molar-refractivity contribution in [1.82, 2.24) is 10.2 Å². The highest BCUT2D eigenvalue weighted by Gasteiger charge is 2.21. The molecule has 2 N–H and O–H groups in total. The molecule has 0 radical (unpaired) electrons. The third-order valence-corrected chi connectivity index (χ3v) is 5.52. The largest absolute Gasteiger partial charge is 0.376 e. The van der Waals surface area contributed by atoms with Gasteiger partial charge in [0.15, 0.2) is 0 Å². The molecule has 0 saturated heterocycles. The maximum absolute atomic E-state index is 12.5. The highest BCUT2D eigenvalue weighted by atomic mass is 32.1. The average Bonchev–Trinajstić information content (AvgIpc) is 3.07. The zero-order valence-corrected chi connectivity index (χ0v) is 16.3. The van der Waals surface area contributed by atoms with Crippen LogP contribution in [0.2, 0.25) is 0 Å². The molecule has 0 saturated carbocycles. The fraction of sp³-hybridized carbons (Fsp3) is 0.400. The van der Waals surface area contributed by atoms with E-state index in [0.29, 0.717) is 12.1 Å². The molecule has 0 spiro atoms. The van der Waals surface area contributed by atoms with Gasteiger partial charge in [-0.05, 0) is 68.0 Å². The van der Waals surface area contributed by atoms with Crippen molar-refractivity contribution < 1.29 is 9.59 Å². The van der Waals surface area contributed by atoms with Crippen molar-refractivity contribution in [3.63, 3.8) is 0 Å². The van der Waals surface area contributed by atoms with Crippen LogP contribution in [0.1, 0.15) is 40.2 Å². The van der Waals surface area contributed by atoms with E-state index in [1.165, 1.54) is 10.4 Å². The van der Waals surface area contributed by atoms with E-state index in [1.807, 2.05) is 37.8 Å². The Bertz CT molecular complexity index is 813. The van der Waals surface area contributed by atoms with Crippen molar-refractivity contribution in [1.29, 1.82) is 0 Å². The number of hydrogen-bond acceptors (Lipinski definition) is 4. The fourth-order valence-corrected chi connectivity index (χ4v) is 3.98. The van der Waals surface area contributed by atoms with Crippen LogP contribution in [-0.2, 0) is 17.8 Å². The van der Waals surface area contributed by atoms with E-state index < -0.39 is 0 Å². The Morgan fingerprint density at radius 1 is 1.27 bits per heavy atom. The van der Waals surface area contributed by atoms with Gasteiger partial charge in [0, 0.05) is 35.3 Å². The molecular weight excluding hydrogens is 346 g/mol. The van der Waals surface area contributed by atoms with E-state index in [0.717, 1.165) is 24.2 Å². The van der Waals surface area contributed by atoms with Gasteiger partial charge >= 0.3 is 0 Å². The number of nitrogens with one attached hydrogen (secondary N) is 2. The lowest BCUT2D eigenvalue weighted by molar-refractivity contribution is -0.130. The molecule has 5 nitrogen and oxygen atoms in total. The Morgan fingerprint density at radius 3 is 2.81 bits per heavy atom. The van der Waals surface area contributed by atoms with E-state index in [2.05, 4.69) is 22.1 Å². The van der Waals surface area contributed by atoms with Gasteiger partial charge in [0.25, 0.3) is 5.91 Å². The molecule has 2 heterocycles. The van der Waals surface area contributed by atoms with Gasteiger partial charge in [-0.2, -0.15) is 0 Å². The number of thiophene rings is 1. The van der Waals surface area contributed by atoms with Crippen molar-refractivity contribution in [2.24, 2.45) is 0 Å². The van der Waals surface area contributed by atoms with E-state index in [9.17, 15) is 9.59 Å². The summed E-state index contributed by atoms with van der Waals surface area (Å²) < 4.78 is 0. The first-order chi connectivity index (χ1) is 12.4. The second-order valence-corrected chi connectivity index (χ2v) is 7.95. The number of hydrogen-bond donors (Lipinski definition) is 2. The quantitative estimate of drug-likeness (QED) is 0.848. The van der Waals surface area contributed by atoms with Crippen LogP contribution in [0, 0.1) is 6.92 Å². The normalized spacial score (nSPS) is 13.5. The van der Waals surface area contributed by atoms with Crippen LogP contribution in [-0.4, -0.2) is 35.8 Å². The third kappa shape index (κ3) is 4.25. The predicted octanol–water partition coefficient (Wildman–Crippen LogP) is 3.19. The maximum Gasteiger partial charge on any atom is 0.251 e. The van der Waals surface area contributed by atoms with Gasteiger partial charge in [-0.15, -0.1) is 11.3 Å². The lowest BCUT2D eigenvalue weighted by Crippen LogP contribution is -2.38. The van der Waals surface area contributed by atoms with Crippen molar-refractivity contribution in [3.8, 4) is 0 Å². The third-order valence-electron chi connectivity index (χ3n) is 4.50. The van der Waals surface area contributed by atoms with Crippen LogP contribution in [0.3, 0.4) is 0 Å². The summed E-state index contributed by atoms with van der Waals surface area (Å²) >= 11 is 1.77. The van der Waals surface area contributed by atoms with Crippen molar-refractivity contribution in [2.45, 2.75) is 39.8 Å². The average molecular weight is 372 g/mol. The molecule has 1 aromatic heterocycles. The first kappa shape index (κ1) is 18.5. The lowest BCUT2D eigenvalue weighted by atomic mass is 10.1. The predicted molar refractivity (Wildman–Crippen MR) is 106 cm³/mol. The number of nitrogens with zero attached hydrogens (tertiary/aromatic N) is 1. The van der Waals surface area contributed by atoms with Gasteiger partial charge in [0.1, 0.15) is 0 Å². The molecule has 0 atom stereocenters. The minimum absolute atomic E-state index is 0.0781. The Kier molecular flexibility index (Phi) is 5.61. The zero-order chi connectivity index (χ0) is 18.7. The van der Waals surface area contributed by atoms with Crippen LogP contribution in [0.4, 0.5) is 5.69 Å². The number of carbonyl (C=O) groups excluding carboxylic acids is 2. The first-order valence-electron chi connectivity index (χ1n) is 8.92. The molecule has 0 bridgehead atoms. The summed E-state index contributed by atoms with van der Waals surface area (Å²) in [6, 6.07) is 7.72. The van der Waals surface area contributed by atoms with E-state index in [-0.39, 0.29) is 24.4 Å². The molecule has 0 fully saturated rings. The van der Waals surface area contributed by atoms with Crippen LogP contribution in [0.15, 0.2) is 29.6 Å². The molecular formula is C20H25N3O2S. The van der Waals surface area contributed by atoms with Gasteiger partial charge in [-0.25, -0.2) is 0 Å². The smallest absolute Gasteiger partial charge is 0.251 e. The summed E-state index contributed by atoms with van der Waals surface area (Å²) in [5.41, 5.74) is 3.74. The fourth-order valence-electron chi connectivity index (χ4n) is 3.09. The highest BCUT2D eigenvalue weighted by Crippen LogP contribution is 2.24. The molecule has 26 heavy (non-hydrogen) atoms. The molecule has 6 heteroatoms. The molecule has 0 aliphatic carbocycles. The molecule has 1 aliphatic rings. The highest BCUT2D eigenvalue weighted by molar-refractivity contribution is 7.10. The number of benzene rings is 1. The van der Waals surface area contributed by atoms with Crippen molar-refractivity contribution in [3.05, 3.63) is 51.2 Å². The number of carbonyl (C=O) groups is 2. The van der Waals surface area contributed by atoms with Crippen LogP contribution in [0.5, 0.6) is 0 Å². The molecule has 1 aliphatic heterocycles. The number of amides is 2. The second kappa shape index (κ2) is 7.91. The zero-order valence-electron chi connectivity index (χ0n) is 15.5. The van der Waals surface area contributed by atoms with Gasteiger partial charge in [0.2, 0.25) is 5.91 Å². The summed E-state index contributed by atoms with van der Waals surface area (Å²) in [6.07, 6.45) is 0.942. The molecule has 2 amide bonds. The Morgan fingerprint density at radius 2 is 2.08 bits per heavy atom. The molecule has 0 unspecified atom stereocenters. The topological polar surface area (TPSA) is 61.4 Å². The molecule has 1 aromatic carbocycles. The van der Waals surface area contributed by atoms with Gasteiger partial charge in [-0.1, -0.05) is 0 Å². The maximum atomic E-state index is 12.5. The first-order valence-corrected chi connectivity index (χ1v) is 9.80. The number of aryl methyl sites for hydroxylation is 1. The standard InChI is InChI=1S/C20H25N3O2S/c1-13(2)22-20(25)15-4-5-17(14(3)10-15)21-11-19(24)23-8-6-18-16(12-23)7-9-26-18/h4-5,7,9-10,13,21H,6,8,11-12H2,1-3H3,(H,22,25). The minimum Gasteiger partial charge on any atom is -0.376 e. The van der Waals surface area contributed by atoms with Gasteiger partial charge < -0.3 is 15.5 Å². The van der Waals surface area contributed by atoms with Gasteiger partial charge in [0.05, 0.1) is 6.54 Å². The summed E-state index contributed by atoms with van der Waals surface area (Å²) in [7, 11) is 0. The van der Waals surface area contributed by atoms with Gasteiger partial charge in [-0.3, -0.25) is 9.59 Å². The Labute approximate surface area is 158 Å². The molecule has 138 valence electrons. The minimum atomic E-state index is -0.0781. The Balaban J connectivity index is 1.58. The van der Waals surface area contributed by atoms with Crippen LogP contribution in [0.25, 0.3) is 0 Å². The summed E-state index contributed by atoms with van der Waals surface area (Å²) in [6.45, 7) is 7.56. The molecule has 2 aromatic rings. The molecule has 3 rings (SSSR count). The van der Waals surface area contributed by atoms with E-state index >= 15 is 0 Å². The number of rotatable bonds is 5. The monoisotopic (exact) mass is 371 g/mol. The van der Waals surface area contributed by atoms with Crippen LogP contribution < -0.4 is 10.6 Å². The number of fused-ring (bicyclic) bond motifs is 1. The second-order valence-electron chi connectivity index (χ2n) is 6.95. The van der Waals surface area contributed by atoms with Crippen LogP contribution >= 0.6 is 11.3 Å². The Hall–Kier alpha value is -2.34. The summed E-state index contributed by atoms with van der Waals surface area (Å²) in [4.78, 5) is 27.9. The summed E-state index contributed by atoms with van der Waals surface area (Å²) in [5, 5.41) is 8.19. The van der Waals surface area contributed by atoms with E-state index in [4.69, 9.17) is 0 Å². The number of anilines is 1. The van der Waals surface area contributed by atoms with Crippen molar-refractivity contribution in [2.75, 3.05) is 18.4 Å². The lowest BCUT2D eigenvalue weighted by Gasteiger charge is -2.27.